The summed E-state index contributed by atoms with van der Waals surface area (Å²) < 4.78 is 26.4. The Morgan fingerprint density at radius 1 is 1.09 bits per heavy atom. The van der Waals surface area contributed by atoms with Gasteiger partial charge in [0.15, 0.2) is 27.2 Å². The molecule has 2 N–H and O–H groups in total. The van der Waals surface area contributed by atoms with Crippen molar-refractivity contribution in [1.29, 1.82) is 0 Å². The highest BCUT2D eigenvalue weighted by Crippen LogP contribution is 2.29. The fourth-order valence-corrected chi connectivity index (χ4v) is 5.94. The van der Waals surface area contributed by atoms with Crippen LogP contribution in [0.1, 0.15) is 39.7 Å². The van der Waals surface area contributed by atoms with E-state index in [-0.39, 0.29) is 34.0 Å². The molecule has 0 spiro atoms. The molecule has 1 aromatic carbocycles. The Morgan fingerprint density at radius 3 is 2.66 bits per heavy atom. The number of rotatable bonds is 4. The minimum absolute atomic E-state index is 0.0622. The van der Waals surface area contributed by atoms with Crippen molar-refractivity contribution in [3.05, 3.63) is 52.7 Å². The molecule has 182 valence electrons. The lowest BCUT2D eigenvalue weighted by atomic mass is 10.1. The van der Waals surface area contributed by atoms with E-state index in [0.717, 1.165) is 0 Å². The van der Waals surface area contributed by atoms with E-state index in [0.29, 0.717) is 41.1 Å². The number of para-hydroxylation sites is 1. The lowest BCUT2D eigenvalue weighted by Gasteiger charge is -2.23. The Kier molecular flexibility index (Phi) is 5.66. The van der Waals surface area contributed by atoms with Crippen molar-refractivity contribution in [2.75, 3.05) is 16.8 Å². The number of anilines is 1. The Balaban J connectivity index is 1.66. The van der Waals surface area contributed by atoms with Gasteiger partial charge in [0, 0.05) is 10.9 Å². The molecule has 4 aromatic rings. The van der Waals surface area contributed by atoms with Crippen LogP contribution in [-0.2, 0) is 9.84 Å². The molecule has 35 heavy (non-hydrogen) atoms. The molecular formula is C24H27N7O3S. The molecule has 10 nitrogen and oxygen atoms in total. The summed E-state index contributed by atoms with van der Waals surface area (Å²) in [5.74, 6) is 1.28. The molecule has 1 aliphatic heterocycles. The average Bonchev–Trinajstić information content (AvgIpc) is 3.23. The molecular weight excluding hydrogens is 466 g/mol. The van der Waals surface area contributed by atoms with Crippen LogP contribution in [0.2, 0.25) is 0 Å². The number of hydrogen-bond acceptors (Lipinski definition) is 8. The van der Waals surface area contributed by atoms with E-state index < -0.39 is 15.9 Å². The summed E-state index contributed by atoms with van der Waals surface area (Å²) >= 11 is 0. The monoisotopic (exact) mass is 493 g/mol. The first-order chi connectivity index (χ1) is 16.6. The van der Waals surface area contributed by atoms with E-state index in [2.05, 4.69) is 30.6 Å². The van der Waals surface area contributed by atoms with Crippen molar-refractivity contribution in [2.45, 2.75) is 45.2 Å². The number of aromatic nitrogens is 6. The lowest BCUT2D eigenvalue weighted by molar-refractivity contribution is 0.438. The summed E-state index contributed by atoms with van der Waals surface area (Å²) in [5, 5.41) is 15.7. The molecule has 0 amide bonds. The smallest absolute Gasteiger partial charge is 0.219 e. The Morgan fingerprint density at radius 2 is 1.89 bits per heavy atom. The summed E-state index contributed by atoms with van der Waals surface area (Å²) in [6.45, 7) is 6.11. The molecule has 1 saturated heterocycles. The summed E-state index contributed by atoms with van der Waals surface area (Å²) in [6, 6.07) is 12.1. The SMILES string of the molecule is CC(C)(C)Nc1cccc(-c2nc(-c3n[nH]c4ccccc4c3=O)n(C3CCCS(=O)(=O)C3)n2)n1. The molecule has 5 rings (SSSR count). The van der Waals surface area contributed by atoms with Crippen molar-refractivity contribution < 1.29 is 8.42 Å². The number of sulfone groups is 1. The first kappa shape index (κ1) is 23.2. The third kappa shape index (κ3) is 4.81. The van der Waals surface area contributed by atoms with Gasteiger partial charge in [-0.1, -0.05) is 18.2 Å². The van der Waals surface area contributed by atoms with Crippen molar-refractivity contribution in [1.82, 2.24) is 29.9 Å². The second kappa shape index (κ2) is 8.56. The molecule has 0 radical (unpaired) electrons. The zero-order valence-corrected chi connectivity index (χ0v) is 20.6. The first-order valence-electron chi connectivity index (χ1n) is 11.5. The minimum atomic E-state index is -3.23. The molecule has 0 bridgehead atoms. The van der Waals surface area contributed by atoms with Crippen LogP contribution in [0.15, 0.2) is 47.3 Å². The highest BCUT2D eigenvalue weighted by Gasteiger charge is 2.31. The molecule has 0 aliphatic carbocycles. The van der Waals surface area contributed by atoms with Crippen molar-refractivity contribution in [2.24, 2.45) is 0 Å². The van der Waals surface area contributed by atoms with Crippen LogP contribution >= 0.6 is 0 Å². The van der Waals surface area contributed by atoms with Gasteiger partial charge in [-0.05, 0) is 57.9 Å². The summed E-state index contributed by atoms with van der Waals surface area (Å²) in [5.41, 5.74) is 0.719. The van der Waals surface area contributed by atoms with Crippen LogP contribution in [-0.4, -0.2) is 55.4 Å². The molecule has 1 unspecified atom stereocenters. The summed E-state index contributed by atoms with van der Waals surface area (Å²) in [6.07, 6.45) is 1.13. The van der Waals surface area contributed by atoms with Crippen LogP contribution in [0.25, 0.3) is 33.9 Å². The Labute approximate surface area is 202 Å². The van der Waals surface area contributed by atoms with E-state index in [1.54, 1.807) is 28.9 Å². The number of fused-ring (bicyclic) bond motifs is 1. The van der Waals surface area contributed by atoms with Gasteiger partial charge in [-0.2, -0.15) is 5.10 Å². The second-order valence-electron chi connectivity index (χ2n) is 9.84. The van der Waals surface area contributed by atoms with Crippen LogP contribution in [0, 0.1) is 0 Å². The second-order valence-corrected chi connectivity index (χ2v) is 12.1. The molecule has 4 heterocycles. The van der Waals surface area contributed by atoms with Crippen LogP contribution in [0.5, 0.6) is 0 Å². The number of H-pyrrole nitrogens is 1. The van der Waals surface area contributed by atoms with Gasteiger partial charge in [0.1, 0.15) is 11.5 Å². The maximum Gasteiger partial charge on any atom is 0.219 e. The minimum Gasteiger partial charge on any atom is -0.365 e. The fourth-order valence-electron chi connectivity index (χ4n) is 4.28. The molecule has 11 heteroatoms. The van der Waals surface area contributed by atoms with Gasteiger partial charge in [0.2, 0.25) is 5.43 Å². The van der Waals surface area contributed by atoms with Crippen molar-refractivity contribution in [3.8, 4) is 23.0 Å². The number of nitrogens with one attached hydrogen (secondary N) is 2. The topological polar surface area (TPSA) is 136 Å². The highest BCUT2D eigenvalue weighted by molar-refractivity contribution is 7.91. The number of hydrogen-bond donors (Lipinski definition) is 2. The van der Waals surface area contributed by atoms with E-state index in [1.165, 1.54) is 0 Å². The quantitative estimate of drug-likeness (QED) is 0.442. The highest BCUT2D eigenvalue weighted by atomic mass is 32.2. The van der Waals surface area contributed by atoms with Gasteiger partial charge in [-0.15, -0.1) is 5.10 Å². The largest absolute Gasteiger partial charge is 0.365 e. The van der Waals surface area contributed by atoms with Gasteiger partial charge in [-0.25, -0.2) is 23.1 Å². The average molecular weight is 494 g/mol. The van der Waals surface area contributed by atoms with E-state index in [4.69, 9.17) is 0 Å². The van der Waals surface area contributed by atoms with Crippen LogP contribution in [0.4, 0.5) is 5.82 Å². The van der Waals surface area contributed by atoms with E-state index >= 15 is 0 Å². The fraction of sp³-hybridized carbons (Fsp3) is 0.375. The maximum atomic E-state index is 13.3. The molecule has 3 aromatic heterocycles. The molecule has 1 atom stereocenters. The van der Waals surface area contributed by atoms with Gasteiger partial charge in [0.25, 0.3) is 0 Å². The van der Waals surface area contributed by atoms with Crippen molar-refractivity contribution in [3.63, 3.8) is 0 Å². The number of pyridine rings is 1. The van der Waals surface area contributed by atoms with Gasteiger partial charge < -0.3 is 5.32 Å². The first-order valence-corrected chi connectivity index (χ1v) is 13.3. The van der Waals surface area contributed by atoms with E-state index in [1.807, 2.05) is 39.0 Å². The number of benzene rings is 1. The van der Waals surface area contributed by atoms with E-state index in [9.17, 15) is 13.2 Å². The predicted octanol–water partition coefficient (Wildman–Crippen LogP) is 3.20. The molecule has 0 saturated carbocycles. The zero-order valence-electron chi connectivity index (χ0n) is 19.8. The molecule has 1 fully saturated rings. The zero-order chi connectivity index (χ0) is 24.8. The molecule has 1 aliphatic rings. The maximum absolute atomic E-state index is 13.3. The number of aromatic amines is 1. The summed E-state index contributed by atoms with van der Waals surface area (Å²) in [4.78, 5) is 22.7. The van der Waals surface area contributed by atoms with Gasteiger partial charge in [0.05, 0.1) is 23.1 Å². The number of nitrogens with zero attached hydrogens (tertiary/aromatic N) is 5. The lowest BCUT2D eigenvalue weighted by Crippen LogP contribution is -2.29. The Hall–Kier alpha value is -3.60. The standard InChI is InChI=1S/C24H27N7O3S/c1-24(2,3)27-19-12-6-11-18(25-19)22-26-23(31(30-22)15-8-7-13-35(33,34)14-15)20-21(32)16-9-4-5-10-17(16)28-29-20/h4-6,9-12,15H,7-8,13-14H2,1-3H3,(H,25,27)(H,28,32). The normalized spacial score (nSPS) is 18.0. The van der Waals surface area contributed by atoms with Crippen LogP contribution in [0.3, 0.4) is 0 Å². The third-order valence-electron chi connectivity index (χ3n) is 5.78. The van der Waals surface area contributed by atoms with Crippen molar-refractivity contribution >= 4 is 26.6 Å². The Bertz CT molecular complexity index is 1570. The predicted molar refractivity (Wildman–Crippen MR) is 135 cm³/mol. The summed E-state index contributed by atoms with van der Waals surface area (Å²) in [7, 11) is -3.23. The van der Waals surface area contributed by atoms with Crippen LogP contribution < -0.4 is 10.7 Å². The van der Waals surface area contributed by atoms with Gasteiger partial charge >= 0.3 is 0 Å². The van der Waals surface area contributed by atoms with Gasteiger partial charge in [-0.3, -0.25) is 9.89 Å². The third-order valence-corrected chi connectivity index (χ3v) is 7.59.